The van der Waals surface area contributed by atoms with Gasteiger partial charge in [0.2, 0.25) is 0 Å². The summed E-state index contributed by atoms with van der Waals surface area (Å²) in [6, 6.07) is 28.7. The average Bonchev–Trinajstić information content (AvgIpc) is 3.93. The fourth-order valence-corrected chi connectivity index (χ4v) is 7.71. The van der Waals surface area contributed by atoms with Crippen molar-refractivity contribution < 1.29 is 52.3 Å². The molecule has 0 N–H and O–H groups in total. The summed E-state index contributed by atoms with van der Waals surface area (Å²) < 4.78 is 150. The molecule has 0 unspecified atom stereocenters. The molecule has 0 radical (unpaired) electrons. The summed E-state index contributed by atoms with van der Waals surface area (Å²) in [5, 5.41) is 1.45. The number of imidazole rings is 1. The van der Waals surface area contributed by atoms with Crippen molar-refractivity contribution in [2.75, 3.05) is 0 Å². The van der Waals surface area contributed by atoms with Crippen molar-refractivity contribution in [1.82, 2.24) is 14.1 Å². The third-order valence-electron chi connectivity index (χ3n) is 10.2. The fourth-order valence-electron chi connectivity index (χ4n) is 7.71. The first kappa shape index (κ1) is 24.5. The van der Waals surface area contributed by atoms with Gasteiger partial charge in [-0.2, -0.15) is 18.2 Å². The summed E-state index contributed by atoms with van der Waals surface area (Å²) in [7, 11) is 0. The molecule has 10 aromatic rings. The van der Waals surface area contributed by atoms with Crippen LogP contribution in [0.4, 0.5) is 0 Å². The second-order valence-corrected chi connectivity index (χ2v) is 14.9. The zero-order valence-corrected chi connectivity index (χ0v) is 34.6. The number of para-hydroxylation sites is 4. The molecule has 0 aliphatic heterocycles. The van der Waals surface area contributed by atoms with Crippen LogP contribution in [0.1, 0.15) is 59.4 Å². The van der Waals surface area contributed by atoms with E-state index in [-0.39, 0.29) is 83.0 Å². The number of hydrogen-bond donors (Lipinski definition) is 0. The van der Waals surface area contributed by atoms with Gasteiger partial charge in [-0.05, 0) is 75.2 Å². The maximum absolute atomic E-state index is 9.00. The number of aromatic nitrogens is 4. The number of ether oxygens (including phenoxy) is 1. The minimum atomic E-state index is -2.80. The Labute approximate surface area is 387 Å². The standard InChI is InChI=1S/C54H42N4O.Pt/c1-36-34-55-53(37(2)51(36)54(3,4)5)58-47-27-13-12-24-45(47)46-31-30-42(33-50(46)58)59-41-23-16-22-40(32-41)56-35-57(49-29-15-14-28-48(49)56)52-43(38-18-8-6-9-19-38)25-17-26-44(52)39-20-10-7-11-21-39;/h6-31,34H,1-5H3;/q-2;/i1D3,2D3,6D,7D,8D,9D,10D,11D,18D,19D,20D,21D;. The predicted molar refractivity (Wildman–Crippen MR) is 239 cm³/mol. The largest absolute Gasteiger partial charge is 0.510 e. The van der Waals surface area contributed by atoms with Gasteiger partial charge in [0, 0.05) is 52.5 Å². The van der Waals surface area contributed by atoms with Gasteiger partial charge in [0.15, 0.2) is 0 Å². The molecule has 5 nitrogen and oxygen atoms in total. The Morgan fingerprint density at radius 1 is 0.683 bits per heavy atom. The van der Waals surface area contributed by atoms with E-state index in [1.807, 2.05) is 30.3 Å². The van der Waals surface area contributed by atoms with Crippen molar-refractivity contribution in [2.45, 2.75) is 39.9 Å². The van der Waals surface area contributed by atoms with Gasteiger partial charge in [0.1, 0.15) is 5.82 Å². The number of hydrogen-bond acceptors (Lipinski definition) is 2. The van der Waals surface area contributed by atoms with Gasteiger partial charge in [-0.25, -0.2) is 4.98 Å². The van der Waals surface area contributed by atoms with Crippen molar-refractivity contribution >= 4 is 32.8 Å². The van der Waals surface area contributed by atoms with Crippen LogP contribution in [-0.4, -0.2) is 14.1 Å². The number of benzene rings is 7. The van der Waals surface area contributed by atoms with Gasteiger partial charge < -0.3 is 13.9 Å². The normalized spacial score (nSPS) is 15.8. The van der Waals surface area contributed by atoms with Crippen molar-refractivity contribution in [2.24, 2.45) is 0 Å². The van der Waals surface area contributed by atoms with E-state index < -0.39 is 79.5 Å². The molecule has 6 heteroatoms. The topological polar surface area (TPSA) is 35.9 Å². The molecule has 10 rings (SSSR count). The molecule has 0 atom stereocenters. The van der Waals surface area contributed by atoms with E-state index in [1.54, 1.807) is 83.0 Å². The number of aryl methyl sites for hydroxylation is 1. The summed E-state index contributed by atoms with van der Waals surface area (Å²) in [6.45, 7) is -0.151. The molecule has 0 amide bonds. The molecule has 60 heavy (non-hydrogen) atoms. The number of fused-ring (bicyclic) bond motifs is 4. The predicted octanol–water partition coefficient (Wildman–Crippen LogP) is 12.8. The van der Waals surface area contributed by atoms with E-state index in [0.29, 0.717) is 33.1 Å². The van der Waals surface area contributed by atoms with E-state index in [4.69, 9.17) is 26.7 Å². The second-order valence-electron chi connectivity index (χ2n) is 14.9. The van der Waals surface area contributed by atoms with E-state index in [2.05, 4.69) is 23.4 Å². The number of pyridine rings is 1. The molecule has 0 bridgehead atoms. The maximum Gasteiger partial charge on any atom is 0.268 e. The Hall–Kier alpha value is -6.55. The number of rotatable bonds is 7. The molecule has 3 heterocycles. The molecule has 0 aliphatic carbocycles. The van der Waals surface area contributed by atoms with Crippen LogP contribution in [-0.2, 0) is 26.5 Å². The third kappa shape index (κ3) is 6.73. The van der Waals surface area contributed by atoms with Crippen LogP contribution in [0.3, 0.4) is 0 Å². The Bertz CT molecular complexity index is 3880. The minimum absolute atomic E-state index is 0. The van der Waals surface area contributed by atoms with E-state index >= 15 is 0 Å². The van der Waals surface area contributed by atoms with Gasteiger partial charge in [-0.1, -0.05) is 147 Å². The van der Waals surface area contributed by atoms with Crippen molar-refractivity contribution in [1.29, 1.82) is 0 Å². The second kappa shape index (κ2) is 15.6. The molecule has 0 saturated carbocycles. The minimum Gasteiger partial charge on any atom is -0.510 e. The quantitative estimate of drug-likeness (QED) is 0.118. The van der Waals surface area contributed by atoms with Crippen molar-refractivity contribution in [3.8, 4) is 50.9 Å². The number of nitrogens with zero attached hydrogens (tertiary/aromatic N) is 4. The van der Waals surface area contributed by atoms with Gasteiger partial charge in [0.25, 0.3) is 6.33 Å². The first-order chi connectivity index (χ1) is 35.3. The van der Waals surface area contributed by atoms with Gasteiger partial charge in [-0.15, -0.1) is 29.7 Å². The van der Waals surface area contributed by atoms with Crippen LogP contribution in [0, 0.1) is 32.2 Å². The van der Waals surface area contributed by atoms with E-state index in [9.17, 15) is 0 Å². The van der Waals surface area contributed by atoms with Crippen molar-refractivity contribution in [3.63, 3.8) is 0 Å². The third-order valence-corrected chi connectivity index (χ3v) is 10.2. The zero-order valence-electron chi connectivity index (χ0n) is 48.3. The van der Waals surface area contributed by atoms with E-state index in [0.717, 1.165) is 5.39 Å². The Morgan fingerprint density at radius 2 is 1.35 bits per heavy atom. The van der Waals surface area contributed by atoms with Crippen LogP contribution >= 0.6 is 0 Å². The first-order valence-corrected chi connectivity index (χ1v) is 18.7. The van der Waals surface area contributed by atoms with Crippen LogP contribution < -0.4 is 9.30 Å². The van der Waals surface area contributed by atoms with Gasteiger partial charge >= 0.3 is 0 Å². The van der Waals surface area contributed by atoms with E-state index in [1.165, 1.54) is 24.4 Å². The Morgan fingerprint density at radius 3 is 2.05 bits per heavy atom. The summed E-state index contributed by atoms with van der Waals surface area (Å²) in [5.41, 5.74) is 1.16. The molecule has 0 fully saturated rings. The summed E-state index contributed by atoms with van der Waals surface area (Å²) in [5.74, 6) is 0.436. The summed E-state index contributed by atoms with van der Waals surface area (Å²) in [4.78, 5) is 4.60. The fraction of sp³-hybridized carbons (Fsp3) is 0.111. The Kier molecular flexibility index (Phi) is 6.36. The average molecular weight is 974 g/mol. The van der Waals surface area contributed by atoms with Crippen molar-refractivity contribution in [3.05, 3.63) is 199 Å². The SMILES string of the molecule is [2H]c1c([2H])c([2H])c(-c2cccc(-c3c([2H])c([2H])c([2H])c([2H])c3[2H])c2-[n+]2[c-]n(-c3[c-]c(Oc4[c-]c5c(cc4)c4ccccc4n5-c4ncc(C([2H])([2H])[2H])c(C(C)(C)C)c4C([2H])([2H])[2H])ccc3)c3ccccc32)c([2H])c1[2H].[Pt]. The van der Waals surface area contributed by atoms with Crippen LogP contribution in [0.25, 0.3) is 72.3 Å². The molecule has 7 aromatic carbocycles. The molecule has 0 saturated heterocycles. The molecular formula is C54H42N4OPt-2. The summed E-state index contributed by atoms with van der Waals surface area (Å²) in [6.07, 6.45) is 4.58. The monoisotopic (exact) mass is 973 g/mol. The van der Waals surface area contributed by atoms with Crippen LogP contribution in [0.2, 0.25) is 0 Å². The molecular weight excluding hydrogens is 916 g/mol. The van der Waals surface area contributed by atoms with Gasteiger partial charge in [-0.3, -0.25) is 4.57 Å². The molecule has 296 valence electrons. The first-order valence-electron chi connectivity index (χ1n) is 26.7. The Balaban J connectivity index is 0.00000706. The molecule has 3 aromatic heterocycles. The summed E-state index contributed by atoms with van der Waals surface area (Å²) >= 11 is 0. The van der Waals surface area contributed by atoms with Crippen LogP contribution in [0.5, 0.6) is 11.5 Å². The maximum atomic E-state index is 9.00. The smallest absolute Gasteiger partial charge is 0.268 e. The van der Waals surface area contributed by atoms with Crippen LogP contribution in [0.15, 0.2) is 164 Å². The van der Waals surface area contributed by atoms with Gasteiger partial charge in [0.05, 0.1) is 30.4 Å². The molecule has 0 aliphatic rings. The zero-order chi connectivity index (χ0) is 54.0. The molecule has 0 spiro atoms.